The lowest BCUT2D eigenvalue weighted by Gasteiger charge is -2.12. The van der Waals surface area contributed by atoms with E-state index in [-0.39, 0.29) is 12.5 Å². The average molecular weight is 326 g/mol. The minimum Gasteiger partial charge on any atom is -0.494 e. The van der Waals surface area contributed by atoms with E-state index < -0.39 is 0 Å². The largest absolute Gasteiger partial charge is 0.494 e. The Hall–Kier alpha value is -2.95. The lowest BCUT2D eigenvalue weighted by Crippen LogP contribution is -2.22. The van der Waals surface area contributed by atoms with Crippen LogP contribution in [-0.4, -0.2) is 25.7 Å². The Morgan fingerprint density at radius 2 is 1.88 bits per heavy atom. The molecule has 0 spiro atoms. The number of carbonyl (C=O) groups is 1. The first-order chi connectivity index (χ1) is 11.7. The van der Waals surface area contributed by atoms with Crippen LogP contribution in [0.3, 0.4) is 0 Å². The molecular formula is C19H22N2O3. The van der Waals surface area contributed by atoms with Gasteiger partial charge < -0.3 is 20.1 Å². The highest BCUT2D eigenvalue weighted by Crippen LogP contribution is 2.23. The van der Waals surface area contributed by atoms with E-state index in [0.29, 0.717) is 19.0 Å². The molecule has 2 aromatic rings. The standard InChI is InChI=1S/C19H22N2O3/c1-3-13-24-18-8-6-5-7-17(18)20-14-19(22)21-15-9-11-16(12-10-15)23-4-2/h3,5-12,20H,1,4,13-14H2,2H3,(H,21,22). The van der Waals surface area contributed by atoms with Crippen molar-refractivity contribution in [3.8, 4) is 11.5 Å². The van der Waals surface area contributed by atoms with E-state index in [1.54, 1.807) is 6.08 Å². The molecule has 0 saturated heterocycles. The summed E-state index contributed by atoms with van der Waals surface area (Å²) in [5, 5.41) is 5.91. The van der Waals surface area contributed by atoms with Crippen molar-refractivity contribution in [2.24, 2.45) is 0 Å². The Morgan fingerprint density at radius 3 is 2.58 bits per heavy atom. The molecule has 5 heteroatoms. The maximum Gasteiger partial charge on any atom is 0.243 e. The van der Waals surface area contributed by atoms with Crippen LogP contribution >= 0.6 is 0 Å². The van der Waals surface area contributed by atoms with E-state index in [2.05, 4.69) is 17.2 Å². The van der Waals surface area contributed by atoms with Crippen LogP contribution < -0.4 is 20.1 Å². The fourth-order valence-corrected chi connectivity index (χ4v) is 2.07. The first kappa shape index (κ1) is 17.4. The predicted molar refractivity (Wildman–Crippen MR) is 96.9 cm³/mol. The van der Waals surface area contributed by atoms with Gasteiger partial charge in [-0.3, -0.25) is 4.79 Å². The van der Waals surface area contributed by atoms with Crippen LogP contribution in [0, 0.1) is 0 Å². The van der Waals surface area contributed by atoms with Gasteiger partial charge in [-0.2, -0.15) is 0 Å². The van der Waals surface area contributed by atoms with E-state index in [0.717, 1.165) is 17.1 Å². The summed E-state index contributed by atoms with van der Waals surface area (Å²) in [6.07, 6.45) is 1.68. The molecule has 2 rings (SSSR count). The van der Waals surface area contributed by atoms with Crippen molar-refractivity contribution in [3.63, 3.8) is 0 Å². The molecule has 126 valence electrons. The fourth-order valence-electron chi connectivity index (χ4n) is 2.07. The molecule has 24 heavy (non-hydrogen) atoms. The van der Waals surface area contributed by atoms with E-state index in [1.807, 2.05) is 55.5 Å². The molecule has 0 radical (unpaired) electrons. The smallest absolute Gasteiger partial charge is 0.243 e. The van der Waals surface area contributed by atoms with E-state index >= 15 is 0 Å². The van der Waals surface area contributed by atoms with E-state index in [1.165, 1.54) is 0 Å². The summed E-state index contributed by atoms with van der Waals surface area (Å²) in [5.74, 6) is 1.32. The van der Waals surface area contributed by atoms with Gasteiger partial charge in [0.05, 0.1) is 18.8 Å². The minimum absolute atomic E-state index is 0.141. The Kier molecular flexibility index (Phi) is 6.71. The average Bonchev–Trinajstić information content (AvgIpc) is 2.61. The highest BCUT2D eigenvalue weighted by molar-refractivity contribution is 5.94. The van der Waals surface area contributed by atoms with Gasteiger partial charge >= 0.3 is 0 Å². The second-order valence-electron chi connectivity index (χ2n) is 4.95. The summed E-state index contributed by atoms with van der Waals surface area (Å²) in [6.45, 7) is 6.72. The number of ether oxygens (including phenoxy) is 2. The number of benzene rings is 2. The fraction of sp³-hybridized carbons (Fsp3) is 0.211. The zero-order chi connectivity index (χ0) is 17.2. The van der Waals surface area contributed by atoms with Crippen LogP contribution in [0.15, 0.2) is 61.2 Å². The normalized spacial score (nSPS) is 9.88. The lowest BCUT2D eigenvalue weighted by atomic mass is 10.3. The van der Waals surface area contributed by atoms with Crippen LogP contribution in [0.4, 0.5) is 11.4 Å². The molecule has 0 unspecified atom stereocenters. The van der Waals surface area contributed by atoms with Gasteiger partial charge in [-0.25, -0.2) is 0 Å². The second-order valence-corrected chi connectivity index (χ2v) is 4.95. The predicted octanol–water partition coefficient (Wildman–Crippen LogP) is 3.70. The molecule has 0 aliphatic rings. The van der Waals surface area contributed by atoms with Crippen molar-refractivity contribution in [2.75, 3.05) is 30.4 Å². The van der Waals surface area contributed by atoms with Crippen molar-refractivity contribution < 1.29 is 14.3 Å². The van der Waals surface area contributed by atoms with Crippen LogP contribution in [0.1, 0.15) is 6.92 Å². The summed E-state index contributed by atoms with van der Waals surface area (Å²) >= 11 is 0. The van der Waals surface area contributed by atoms with Gasteiger partial charge in [-0.1, -0.05) is 24.8 Å². The summed E-state index contributed by atoms with van der Waals surface area (Å²) in [5.41, 5.74) is 1.49. The highest BCUT2D eigenvalue weighted by atomic mass is 16.5. The molecule has 0 saturated carbocycles. The third-order valence-electron chi connectivity index (χ3n) is 3.13. The minimum atomic E-state index is -0.141. The van der Waals surface area contributed by atoms with E-state index in [9.17, 15) is 4.79 Å². The van der Waals surface area contributed by atoms with Crippen LogP contribution in [0.5, 0.6) is 11.5 Å². The molecule has 0 aromatic heterocycles. The number of carbonyl (C=O) groups excluding carboxylic acids is 1. The zero-order valence-corrected chi connectivity index (χ0v) is 13.7. The molecule has 5 nitrogen and oxygen atoms in total. The molecular weight excluding hydrogens is 304 g/mol. The van der Waals surface area contributed by atoms with Crippen molar-refractivity contribution in [3.05, 3.63) is 61.2 Å². The monoisotopic (exact) mass is 326 g/mol. The molecule has 0 heterocycles. The molecule has 0 aliphatic heterocycles. The van der Waals surface area contributed by atoms with E-state index in [4.69, 9.17) is 9.47 Å². The molecule has 2 aromatic carbocycles. The van der Waals surface area contributed by atoms with Crippen molar-refractivity contribution >= 4 is 17.3 Å². The van der Waals surface area contributed by atoms with Crippen molar-refractivity contribution in [1.82, 2.24) is 0 Å². The number of amides is 1. The van der Waals surface area contributed by atoms with Gasteiger partial charge in [0.25, 0.3) is 0 Å². The third kappa shape index (κ3) is 5.35. The highest BCUT2D eigenvalue weighted by Gasteiger charge is 2.06. The van der Waals surface area contributed by atoms with Gasteiger partial charge in [-0.15, -0.1) is 0 Å². The Balaban J connectivity index is 1.88. The first-order valence-electron chi connectivity index (χ1n) is 7.82. The lowest BCUT2D eigenvalue weighted by molar-refractivity contribution is -0.114. The Bertz CT molecular complexity index is 669. The maximum atomic E-state index is 12.1. The van der Waals surface area contributed by atoms with Gasteiger partial charge in [0.15, 0.2) is 0 Å². The summed E-state index contributed by atoms with van der Waals surface area (Å²) in [4.78, 5) is 12.1. The molecule has 0 atom stereocenters. The van der Waals surface area contributed by atoms with Crippen LogP contribution in [-0.2, 0) is 4.79 Å². The molecule has 0 bridgehead atoms. The molecule has 2 N–H and O–H groups in total. The number of rotatable bonds is 9. The SMILES string of the molecule is C=CCOc1ccccc1NCC(=O)Nc1ccc(OCC)cc1. The van der Waals surface area contributed by atoms with Crippen molar-refractivity contribution in [1.29, 1.82) is 0 Å². The molecule has 0 fully saturated rings. The second kappa shape index (κ2) is 9.25. The van der Waals surface area contributed by atoms with Gasteiger partial charge in [0.1, 0.15) is 18.1 Å². The Morgan fingerprint density at radius 1 is 1.12 bits per heavy atom. The summed E-state index contributed by atoms with van der Waals surface area (Å²) in [7, 11) is 0. The number of hydrogen-bond donors (Lipinski definition) is 2. The molecule has 1 amide bonds. The quantitative estimate of drug-likeness (QED) is 0.690. The topological polar surface area (TPSA) is 59.6 Å². The third-order valence-corrected chi connectivity index (χ3v) is 3.13. The zero-order valence-electron chi connectivity index (χ0n) is 13.7. The van der Waals surface area contributed by atoms with Crippen molar-refractivity contribution in [2.45, 2.75) is 6.92 Å². The number of nitrogens with one attached hydrogen (secondary N) is 2. The maximum absolute atomic E-state index is 12.1. The van der Waals surface area contributed by atoms with Gasteiger partial charge in [0.2, 0.25) is 5.91 Å². The number of hydrogen-bond acceptors (Lipinski definition) is 4. The first-order valence-corrected chi connectivity index (χ1v) is 7.82. The summed E-state index contributed by atoms with van der Waals surface area (Å²) < 4.78 is 10.9. The Labute approximate surface area is 142 Å². The van der Waals surface area contributed by atoms with Gasteiger partial charge in [0, 0.05) is 5.69 Å². The van der Waals surface area contributed by atoms with Crippen LogP contribution in [0.2, 0.25) is 0 Å². The van der Waals surface area contributed by atoms with Crippen LogP contribution in [0.25, 0.3) is 0 Å². The number of anilines is 2. The molecule has 0 aliphatic carbocycles. The van der Waals surface area contributed by atoms with Gasteiger partial charge in [-0.05, 0) is 43.3 Å². The summed E-state index contributed by atoms with van der Waals surface area (Å²) in [6, 6.07) is 14.7. The number of para-hydroxylation sites is 2.